The van der Waals surface area contributed by atoms with E-state index in [1.807, 2.05) is 36.4 Å². The minimum absolute atomic E-state index is 0.317. The summed E-state index contributed by atoms with van der Waals surface area (Å²) >= 11 is 3.55. The molecule has 25 heavy (non-hydrogen) atoms. The maximum atomic E-state index is 12.4. The van der Waals surface area contributed by atoms with Crippen LogP contribution in [0.5, 0.6) is 5.75 Å². The highest BCUT2D eigenvalue weighted by molar-refractivity contribution is 9.10. The van der Waals surface area contributed by atoms with Crippen molar-refractivity contribution in [1.29, 1.82) is 5.26 Å². The maximum Gasteiger partial charge on any atom is 0.265 e. The minimum atomic E-state index is -0.718. The fraction of sp³-hybridized carbons (Fsp3) is 0.100. The Balaban J connectivity index is 1.78. The average molecular weight is 395 g/mol. The lowest BCUT2D eigenvalue weighted by atomic mass is 10.1. The van der Waals surface area contributed by atoms with E-state index in [2.05, 4.69) is 27.3 Å². The molecule has 1 N–H and O–H groups in total. The van der Waals surface area contributed by atoms with E-state index in [4.69, 9.17) is 10.00 Å². The maximum absolute atomic E-state index is 12.4. The largest absolute Gasteiger partial charge is 0.480 e. The Morgan fingerprint density at radius 3 is 2.64 bits per heavy atom. The summed E-state index contributed by atoms with van der Waals surface area (Å²) in [7, 11) is 0. The van der Waals surface area contributed by atoms with Crippen molar-refractivity contribution in [1.82, 2.24) is 0 Å². The number of rotatable bonds is 4. The minimum Gasteiger partial charge on any atom is -0.480 e. The van der Waals surface area contributed by atoms with Gasteiger partial charge < -0.3 is 10.1 Å². The van der Waals surface area contributed by atoms with Crippen LogP contribution in [-0.4, -0.2) is 12.0 Å². The van der Waals surface area contributed by atoms with Crippen molar-refractivity contribution in [2.24, 2.45) is 0 Å². The first kappa shape index (κ1) is 17.0. The molecule has 0 aliphatic carbocycles. The van der Waals surface area contributed by atoms with Crippen LogP contribution in [0.3, 0.4) is 0 Å². The van der Waals surface area contributed by atoms with Gasteiger partial charge in [-0.25, -0.2) is 0 Å². The zero-order chi connectivity index (χ0) is 17.8. The molecule has 0 heterocycles. The zero-order valence-corrected chi connectivity index (χ0v) is 15.1. The highest BCUT2D eigenvalue weighted by Gasteiger charge is 2.18. The molecule has 3 aromatic rings. The number of halogens is 1. The second-order valence-corrected chi connectivity index (χ2v) is 6.30. The lowest BCUT2D eigenvalue weighted by Gasteiger charge is -2.17. The summed E-state index contributed by atoms with van der Waals surface area (Å²) < 4.78 is 6.63. The Bertz CT molecular complexity index is 979. The molecule has 0 bridgehead atoms. The molecular weight excluding hydrogens is 380 g/mol. The summed E-state index contributed by atoms with van der Waals surface area (Å²) in [4.78, 5) is 12.4. The van der Waals surface area contributed by atoms with Crippen LogP contribution in [0.25, 0.3) is 10.8 Å². The van der Waals surface area contributed by atoms with Crippen molar-refractivity contribution >= 4 is 38.3 Å². The van der Waals surface area contributed by atoms with Crippen LogP contribution < -0.4 is 10.1 Å². The van der Waals surface area contributed by atoms with Gasteiger partial charge in [0.1, 0.15) is 11.8 Å². The molecule has 0 radical (unpaired) electrons. The number of amides is 1. The van der Waals surface area contributed by atoms with E-state index < -0.39 is 6.10 Å². The highest BCUT2D eigenvalue weighted by atomic mass is 79.9. The van der Waals surface area contributed by atoms with Crippen LogP contribution in [0.4, 0.5) is 5.69 Å². The first-order valence-electron chi connectivity index (χ1n) is 7.74. The normalized spacial score (nSPS) is 11.6. The van der Waals surface area contributed by atoms with Crippen molar-refractivity contribution in [3.63, 3.8) is 0 Å². The highest BCUT2D eigenvalue weighted by Crippen LogP contribution is 2.33. The van der Waals surface area contributed by atoms with Crippen LogP contribution in [-0.2, 0) is 4.79 Å². The van der Waals surface area contributed by atoms with Gasteiger partial charge in [0.25, 0.3) is 5.91 Å². The predicted octanol–water partition coefficient (Wildman–Crippen LogP) is 4.88. The smallest absolute Gasteiger partial charge is 0.265 e. The Morgan fingerprint density at radius 1 is 1.12 bits per heavy atom. The van der Waals surface area contributed by atoms with Gasteiger partial charge in [0.2, 0.25) is 0 Å². The second kappa shape index (κ2) is 7.37. The Morgan fingerprint density at radius 2 is 1.84 bits per heavy atom. The quantitative estimate of drug-likeness (QED) is 0.685. The summed E-state index contributed by atoms with van der Waals surface area (Å²) in [5, 5.41) is 13.9. The van der Waals surface area contributed by atoms with Gasteiger partial charge in [0.05, 0.1) is 15.7 Å². The molecule has 1 atom stereocenters. The van der Waals surface area contributed by atoms with Crippen LogP contribution in [0.15, 0.2) is 65.1 Å². The SMILES string of the molecule is C[C@H](Oc1ccc2ccccc2c1Br)C(=O)Nc1ccccc1C#N. The number of hydrogen-bond acceptors (Lipinski definition) is 3. The number of fused-ring (bicyclic) bond motifs is 1. The third-order valence-corrected chi connectivity index (χ3v) is 4.62. The fourth-order valence-electron chi connectivity index (χ4n) is 2.47. The molecule has 0 aliphatic heterocycles. The standard InChI is InChI=1S/C20H15BrN2O2/c1-13(20(24)23-17-9-5-3-7-15(17)12-22)25-18-11-10-14-6-2-4-8-16(14)19(18)21/h2-11,13H,1H3,(H,23,24)/t13-/m0/s1. The molecule has 5 heteroatoms. The molecule has 4 nitrogen and oxygen atoms in total. The third kappa shape index (κ3) is 3.65. The third-order valence-electron chi connectivity index (χ3n) is 3.81. The van der Waals surface area contributed by atoms with Gasteiger partial charge in [-0.1, -0.05) is 42.5 Å². The molecule has 0 aliphatic rings. The van der Waals surface area contributed by atoms with E-state index in [1.165, 1.54) is 0 Å². The molecule has 124 valence electrons. The van der Waals surface area contributed by atoms with E-state index in [0.29, 0.717) is 17.0 Å². The number of ether oxygens (including phenoxy) is 1. The van der Waals surface area contributed by atoms with Gasteiger partial charge in [0, 0.05) is 0 Å². The molecule has 0 aromatic heterocycles. The van der Waals surface area contributed by atoms with Crippen molar-refractivity contribution < 1.29 is 9.53 Å². The Hall–Kier alpha value is -2.84. The van der Waals surface area contributed by atoms with Crippen molar-refractivity contribution in [3.05, 3.63) is 70.7 Å². The van der Waals surface area contributed by atoms with Crippen molar-refractivity contribution in [2.45, 2.75) is 13.0 Å². The summed E-state index contributed by atoms with van der Waals surface area (Å²) in [6.45, 7) is 1.67. The average Bonchev–Trinajstić information content (AvgIpc) is 2.64. The van der Waals surface area contributed by atoms with Crippen LogP contribution in [0.2, 0.25) is 0 Å². The van der Waals surface area contributed by atoms with Crippen LogP contribution >= 0.6 is 15.9 Å². The molecule has 3 rings (SSSR count). The monoisotopic (exact) mass is 394 g/mol. The molecule has 0 fully saturated rings. The number of carbonyl (C=O) groups is 1. The molecule has 0 unspecified atom stereocenters. The lowest BCUT2D eigenvalue weighted by molar-refractivity contribution is -0.122. The van der Waals surface area contributed by atoms with E-state index >= 15 is 0 Å². The van der Waals surface area contributed by atoms with Crippen LogP contribution in [0, 0.1) is 11.3 Å². The van der Waals surface area contributed by atoms with Gasteiger partial charge in [0.15, 0.2) is 6.10 Å². The molecule has 3 aromatic carbocycles. The first-order chi connectivity index (χ1) is 12.1. The number of nitrogens with zero attached hydrogens (tertiary/aromatic N) is 1. The van der Waals surface area contributed by atoms with Crippen molar-refractivity contribution in [2.75, 3.05) is 5.32 Å². The number of nitriles is 1. The zero-order valence-electron chi connectivity index (χ0n) is 13.5. The Labute approximate surface area is 154 Å². The molecule has 0 saturated heterocycles. The van der Waals surface area contributed by atoms with Gasteiger partial charge in [-0.2, -0.15) is 5.26 Å². The van der Waals surface area contributed by atoms with Crippen molar-refractivity contribution in [3.8, 4) is 11.8 Å². The van der Waals surface area contributed by atoms with Gasteiger partial charge in [-0.05, 0) is 51.8 Å². The van der Waals surface area contributed by atoms with Gasteiger partial charge in [-0.15, -0.1) is 0 Å². The first-order valence-corrected chi connectivity index (χ1v) is 8.53. The van der Waals surface area contributed by atoms with Gasteiger partial charge >= 0.3 is 0 Å². The fourth-order valence-corrected chi connectivity index (χ4v) is 3.06. The summed E-state index contributed by atoms with van der Waals surface area (Å²) in [6, 6.07) is 20.6. The predicted molar refractivity (Wildman–Crippen MR) is 102 cm³/mol. The molecule has 0 spiro atoms. The number of carbonyl (C=O) groups excluding carboxylic acids is 1. The lowest BCUT2D eigenvalue weighted by Crippen LogP contribution is -2.30. The molecule has 0 saturated carbocycles. The molecule has 1 amide bonds. The van der Waals surface area contributed by atoms with E-state index in [0.717, 1.165) is 15.2 Å². The summed E-state index contributed by atoms with van der Waals surface area (Å²) in [5.41, 5.74) is 0.887. The number of anilines is 1. The number of hydrogen-bond donors (Lipinski definition) is 1. The Kier molecular flexibility index (Phi) is 5.01. The van der Waals surface area contributed by atoms with E-state index in [9.17, 15) is 4.79 Å². The summed E-state index contributed by atoms with van der Waals surface area (Å²) in [6.07, 6.45) is -0.718. The van der Waals surface area contributed by atoms with Crippen LogP contribution in [0.1, 0.15) is 12.5 Å². The number of para-hydroxylation sites is 1. The summed E-state index contributed by atoms with van der Waals surface area (Å²) in [5.74, 6) is 0.276. The van der Waals surface area contributed by atoms with E-state index in [-0.39, 0.29) is 5.91 Å². The number of nitrogens with one attached hydrogen (secondary N) is 1. The number of benzene rings is 3. The van der Waals surface area contributed by atoms with E-state index in [1.54, 1.807) is 31.2 Å². The topological polar surface area (TPSA) is 62.1 Å². The second-order valence-electron chi connectivity index (χ2n) is 5.51. The molecular formula is C20H15BrN2O2. The van der Waals surface area contributed by atoms with Gasteiger partial charge in [-0.3, -0.25) is 4.79 Å².